The molecule has 0 atom stereocenters. The van der Waals surface area contributed by atoms with Gasteiger partial charge in [-0.2, -0.15) is 0 Å². The van der Waals surface area contributed by atoms with E-state index < -0.39 is 0 Å². The molecular formula is C26H20. The van der Waals surface area contributed by atoms with E-state index in [4.69, 9.17) is 0 Å². The van der Waals surface area contributed by atoms with Crippen molar-refractivity contribution in [2.75, 3.05) is 0 Å². The van der Waals surface area contributed by atoms with Crippen molar-refractivity contribution in [2.45, 2.75) is 0 Å². The predicted octanol–water partition coefficient (Wildman–Crippen LogP) is 7.13. The summed E-state index contributed by atoms with van der Waals surface area (Å²) >= 11 is 0. The van der Waals surface area contributed by atoms with Crippen molar-refractivity contribution in [3.8, 4) is 11.1 Å². The molecule has 2 aliphatic carbocycles. The van der Waals surface area contributed by atoms with Crippen LogP contribution in [0.25, 0.3) is 35.4 Å². The van der Waals surface area contributed by atoms with Crippen LogP contribution >= 0.6 is 0 Å². The van der Waals surface area contributed by atoms with Crippen molar-refractivity contribution in [2.24, 2.45) is 0 Å². The van der Waals surface area contributed by atoms with E-state index in [9.17, 15) is 0 Å². The zero-order valence-electron chi connectivity index (χ0n) is 14.5. The van der Waals surface area contributed by atoms with E-state index in [0.29, 0.717) is 0 Å². The Hall–Kier alpha value is -3.38. The lowest BCUT2D eigenvalue weighted by atomic mass is 10.1. The molecule has 0 radical (unpaired) electrons. The standard InChI is InChI=1S/C26H20/c1-4-10-21(11-5-1)16-18-23-20-24(19-17-22-12-6-2-7-13-22)26-15-9-3-8-14-25(23)26/h1-20H. The Morgan fingerprint density at radius 3 is 1.19 bits per heavy atom. The van der Waals surface area contributed by atoms with Crippen molar-refractivity contribution < 1.29 is 0 Å². The van der Waals surface area contributed by atoms with E-state index in [1.807, 2.05) is 12.1 Å². The van der Waals surface area contributed by atoms with E-state index in [-0.39, 0.29) is 0 Å². The van der Waals surface area contributed by atoms with Gasteiger partial charge in [0, 0.05) is 0 Å². The van der Waals surface area contributed by atoms with Crippen molar-refractivity contribution >= 4 is 24.3 Å². The number of fused-ring (bicyclic) bond motifs is 1. The van der Waals surface area contributed by atoms with Crippen molar-refractivity contribution in [1.29, 1.82) is 0 Å². The number of benzene rings is 2. The first-order valence-electron chi connectivity index (χ1n) is 8.88. The van der Waals surface area contributed by atoms with Crippen molar-refractivity contribution in [1.82, 2.24) is 0 Å². The van der Waals surface area contributed by atoms with Gasteiger partial charge in [0.1, 0.15) is 0 Å². The highest BCUT2D eigenvalue weighted by atomic mass is 14.1. The second kappa shape index (κ2) is 7.67. The molecule has 0 N–H and O–H groups in total. The first kappa shape index (κ1) is 16.1. The van der Waals surface area contributed by atoms with Gasteiger partial charge in [-0.25, -0.2) is 0 Å². The van der Waals surface area contributed by atoms with E-state index >= 15 is 0 Å². The monoisotopic (exact) mass is 332 g/mol. The fourth-order valence-corrected chi connectivity index (χ4v) is 3.15. The molecule has 0 unspecified atom stereocenters. The molecule has 26 heavy (non-hydrogen) atoms. The zero-order valence-corrected chi connectivity index (χ0v) is 14.5. The second-order valence-electron chi connectivity index (χ2n) is 6.28. The summed E-state index contributed by atoms with van der Waals surface area (Å²) in [5, 5.41) is 0. The van der Waals surface area contributed by atoms with Crippen LogP contribution in [0, 0.1) is 0 Å². The third-order valence-corrected chi connectivity index (χ3v) is 4.48. The molecule has 0 amide bonds. The average molecular weight is 332 g/mol. The largest absolute Gasteiger partial charge is 0.0622 e. The Balaban J connectivity index is 1.73. The molecule has 0 heterocycles. The van der Waals surface area contributed by atoms with Crippen LogP contribution in [0.1, 0.15) is 22.3 Å². The van der Waals surface area contributed by atoms with Gasteiger partial charge in [0.05, 0.1) is 0 Å². The summed E-state index contributed by atoms with van der Waals surface area (Å²) < 4.78 is 0. The van der Waals surface area contributed by atoms with Gasteiger partial charge in [-0.05, 0) is 39.4 Å². The molecule has 4 rings (SSSR count). The van der Waals surface area contributed by atoms with Gasteiger partial charge < -0.3 is 0 Å². The number of hydrogen-bond donors (Lipinski definition) is 0. The normalized spacial score (nSPS) is 11.5. The summed E-state index contributed by atoms with van der Waals surface area (Å²) in [5.41, 5.74) is 7.46. The van der Waals surface area contributed by atoms with E-state index in [0.717, 1.165) is 0 Å². The molecule has 0 heteroatoms. The van der Waals surface area contributed by atoms with E-state index in [1.54, 1.807) is 0 Å². The van der Waals surface area contributed by atoms with Crippen LogP contribution in [-0.4, -0.2) is 0 Å². The Kier molecular flexibility index (Phi) is 4.75. The predicted molar refractivity (Wildman–Crippen MR) is 114 cm³/mol. The quantitative estimate of drug-likeness (QED) is 0.373. The highest BCUT2D eigenvalue weighted by Crippen LogP contribution is 2.34. The molecule has 0 saturated heterocycles. The Bertz CT molecular complexity index is 927. The third-order valence-electron chi connectivity index (χ3n) is 4.48. The first-order chi connectivity index (χ1) is 12.9. The SMILES string of the molecule is C(=Cc1cc(C=Cc2ccccc2)c2cccccc1-2)c1ccccc1. The molecule has 0 aliphatic heterocycles. The molecule has 0 nitrogen and oxygen atoms in total. The van der Waals surface area contributed by atoms with E-state index in [2.05, 4.69) is 109 Å². The molecule has 0 bridgehead atoms. The molecular weight excluding hydrogens is 312 g/mol. The number of hydrogen-bond acceptors (Lipinski definition) is 0. The third kappa shape index (κ3) is 3.65. The minimum Gasteiger partial charge on any atom is -0.0622 e. The lowest BCUT2D eigenvalue weighted by molar-refractivity contribution is 1.66. The minimum absolute atomic E-state index is 1.21. The van der Waals surface area contributed by atoms with Gasteiger partial charge in [0.2, 0.25) is 0 Å². The maximum Gasteiger partial charge on any atom is -0.0105 e. The molecule has 0 spiro atoms. The van der Waals surface area contributed by atoms with Gasteiger partial charge in [0.15, 0.2) is 0 Å². The van der Waals surface area contributed by atoms with Crippen LogP contribution in [0.15, 0.2) is 97.1 Å². The van der Waals surface area contributed by atoms with Gasteiger partial charge in [0.25, 0.3) is 0 Å². The molecule has 2 aromatic carbocycles. The minimum atomic E-state index is 1.21. The molecule has 0 fully saturated rings. The second-order valence-corrected chi connectivity index (χ2v) is 6.28. The highest BCUT2D eigenvalue weighted by Gasteiger charge is 2.11. The van der Waals surface area contributed by atoms with Crippen molar-refractivity contribution in [3.63, 3.8) is 0 Å². The van der Waals surface area contributed by atoms with Crippen molar-refractivity contribution in [3.05, 3.63) is 119 Å². The molecule has 2 aromatic rings. The number of rotatable bonds is 4. The summed E-state index contributed by atoms with van der Waals surface area (Å²) in [7, 11) is 0. The summed E-state index contributed by atoms with van der Waals surface area (Å²) in [6.07, 6.45) is 8.76. The summed E-state index contributed by atoms with van der Waals surface area (Å²) in [6, 6.07) is 33.8. The molecule has 0 saturated carbocycles. The smallest absolute Gasteiger partial charge is 0.0105 e. The lowest BCUT2D eigenvalue weighted by Crippen LogP contribution is -1.73. The Morgan fingerprint density at radius 2 is 0.769 bits per heavy atom. The Labute approximate surface area is 155 Å². The molecule has 0 aromatic heterocycles. The fourth-order valence-electron chi connectivity index (χ4n) is 3.15. The maximum absolute atomic E-state index is 2.27. The van der Waals surface area contributed by atoms with Gasteiger partial charge in [-0.3, -0.25) is 0 Å². The summed E-state index contributed by atoms with van der Waals surface area (Å²) in [6.45, 7) is 0. The van der Waals surface area contributed by atoms with E-state index in [1.165, 1.54) is 33.4 Å². The van der Waals surface area contributed by atoms with Crippen LogP contribution < -0.4 is 0 Å². The fraction of sp³-hybridized carbons (Fsp3) is 0. The Morgan fingerprint density at radius 1 is 0.385 bits per heavy atom. The first-order valence-corrected chi connectivity index (χ1v) is 8.88. The molecule has 124 valence electrons. The van der Waals surface area contributed by atoms with Gasteiger partial charge in [-0.1, -0.05) is 115 Å². The van der Waals surface area contributed by atoms with Crippen LogP contribution in [0.5, 0.6) is 0 Å². The maximum atomic E-state index is 2.27. The van der Waals surface area contributed by atoms with Crippen LogP contribution in [0.4, 0.5) is 0 Å². The molecule has 2 aliphatic rings. The average Bonchev–Trinajstić information content (AvgIpc) is 2.86. The van der Waals surface area contributed by atoms with Gasteiger partial charge >= 0.3 is 0 Å². The van der Waals surface area contributed by atoms with Crippen LogP contribution in [0.2, 0.25) is 0 Å². The summed E-state index contributed by atoms with van der Waals surface area (Å²) in [4.78, 5) is 0. The summed E-state index contributed by atoms with van der Waals surface area (Å²) in [5.74, 6) is 0. The topological polar surface area (TPSA) is 0 Å². The lowest BCUT2D eigenvalue weighted by Gasteiger charge is -1.98. The highest BCUT2D eigenvalue weighted by molar-refractivity contribution is 5.91. The van der Waals surface area contributed by atoms with Crippen LogP contribution in [0.3, 0.4) is 0 Å². The van der Waals surface area contributed by atoms with Crippen LogP contribution in [-0.2, 0) is 0 Å². The zero-order chi connectivity index (χ0) is 17.6. The van der Waals surface area contributed by atoms with Gasteiger partial charge in [-0.15, -0.1) is 0 Å².